The van der Waals surface area contributed by atoms with Gasteiger partial charge in [-0.05, 0) is 48.8 Å². The molecule has 1 saturated heterocycles. The van der Waals surface area contributed by atoms with Crippen molar-refractivity contribution < 1.29 is 0 Å². The first-order valence-electron chi connectivity index (χ1n) is 6.99. The van der Waals surface area contributed by atoms with E-state index < -0.39 is 0 Å². The van der Waals surface area contributed by atoms with Crippen LogP contribution >= 0.6 is 0 Å². The smallest absolute Gasteiger partial charge is 0.0600 e. The lowest BCUT2D eigenvalue weighted by atomic mass is 9.75. The van der Waals surface area contributed by atoms with Crippen LogP contribution in [-0.2, 0) is 0 Å². The van der Waals surface area contributed by atoms with E-state index in [9.17, 15) is 0 Å². The summed E-state index contributed by atoms with van der Waals surface area (Å²) >= 11 is 0. The van der Waals surface area contributed by atoms with E-state index in [-0.39, 0.29) is 0 Å². The van der Waals surface area contributed by atoms with E-state index in [4.69, 9.17) is 5.73 Å². The normalized spacial score (nSPS) is 18.1. The van der Waals surface area contributed by atoms with Gasteiger partial charge in [0.15, 0.2) is 0 Å². The monoisotopic (exact) mass is 246 g/mol. The van der Waals surface area contributed by atoms with Crippen molar-refractivity contribution in [3.63, 3.8) is 0 Å². The molecule has 0 atom stereocenters. The minimum atomic E-state index is 0.435. The lowest BCUT2D eigenvalue weighted by Crippen LogP contribution is -2.38. The number of benzene rings is 1. The van der Waals surface area contributed by atoms with E-state index in [0.29, 0.717) is 5.41 Å². The molecule has 2 N–H and O–H groups in total. The molecule has 0 aliphatic carbocycles. The van der Waals surface area contributed by atoms with Crippen LogP contribution in [0.2, 0.25) is 0 Å². The molecule has 2 rings (SSSR count). The fourth-order valence-corrected chi connectivity index (χ4v) is 2.95. The number of nitrogens with two attached hydrogens (primary N) is 1. The molecular formula is C16H26N2. The summed E-state index contributed by atoms with van der Waals surface area (Å²) in [6.45, 7) is 11.4. The Labute approximate surface area is 111 Å². The number of hydrogen-bond acceptors (Lipinski definition) is 2. The van der Waals surface area contributed by atoms with Crippen molar-refractivity contribution in [2.24, 2.45) is 11.3 Å². The summed E-state index contributed by atoms with van der Waals surface area (Å²) in [5, 5.41) is 0. The molecule has 0 saturated carbocycles. The highest BCUT2D eigenvalue weighted by Gasteiger charge is 2.29. The summed E-state index contributed by atoms with van der Waals surface area (Å²) < 4.78 is 0. The molecule has 18 heavy (non-hydrogen) atoms. The van der Waals surface area contributed by atoms with Crippen molar-refractivity contribution >= 4 is 11.4 Å². The quantitative estimate of drug-likeness (QED) is 0.763. The van der Waals surface area contributed by atoms with Gasteiger partial charge in [-0.2, -0.15) is 0 Å². The van der Waals surface area contributed by atoms with Gasteiger partial charge in [0.25, 0.3) is 0 Å². The van der Waals surface area contributed by atoms with Gasteiger partial charge in [-0.15, -0.1) is 0 Å². The number of nitrogen functional groups attached to an aromatic ring is 1. The zero-order valence-corrected chi connectivity index (χ0v) is 12.2. The van der Waals surface area contributed by atoms with Gasteiger partial charge in [0.05, 0.1) is 11.4 Å². The summed E-state index contributed by atoms with van der Waals surface area (Å²) in [7, 11) is 0. The highest BCUT2D eigenvalue weighted by Crippen LogP contribution is 2.36. The van der Waals surface area contributed by atoms with Crippen molar-refractivity contribution in [2.45, 2.75) is 40.5 Å². The molecule has 0 amide bonds. The molecule has 1 fully saturated rings. The molecule has 0 bridgehead atoms. The number of rotatable bonds is 1. The van der Waals surface area contributed by atoms with Gasteiger partial charge in [-0.3, -0.25) is 0 Å². The largest absolute Gasteiger partial charge is 0.397 e. The second-order valence-corrected chi connectivity index (χ2v) is 6.69. The Morgan fingerprint density at radius 1 is 1.17 bits per heavy atom. The van der Waals surface area contributed by atoms with Crippen LogP contribution in [0.25, 0.3) is 0 Å². The predicted octanol–water partition coefficient (Wildman–Crippen LogP) is 3.84. The Bertz CT molecular complexity index is 410. The molecule has 2 nitrogen and oxygen atoms in total. The number of aryl methyl sites for hydroxylation is 1. The molecule has 0 unspecified atom stereocenters. The van der Waals surface area contributed by atoms with Gasteiger partial charge in [-0.1, -0.05) is 26.8 Å². The third-order valence-corrected chi connectivity index (χ3v) is 4.24. The lowest BCUT2D eigenvalue weighted by Gasteiger charge is -2.40. The number of nitrogens with zero attached hydrogens (tertiary/aromatic N) is 1. The second kappa shape index (κ2) is 4.83. The molecular weight excluding hydrogens is 220 g/mol. The molecule has 1 aromatic carbocycles. The summed E-state index contributed by atoms with van der Waals surface area (Å²) in [6, 6.07) is 6.40. The maximum Gasteiger partial charge on any atom is 0.0600 e. The molecule has 100 valence electrons. The Hall–Kier alpha value is -1.18. The van der Waals surface area contributed by atoms with Crippen LogP contribution in [0.15, 0.2) is 18.2 Å². The molecule has 2 heteroatoms. The van der Waals surface area contributed by atoms with Crippen molar-refractivity contribution in [3.8, 4) is 0 Å². The van der Waals surface area contributed by atoms with Crippen LogP contribution in [0.3, 0.4) is 0 Å². The summed E-state index contributed by atoms with van der Waals surface area (Å²) in [5.74, 6) is 0.834. The van der Waals surface area contributed by atoms with Gasteiger partial charge in [0.2, 0.25) is 0 Å². The Morgan fingerprint density at radius 3 is 2.28 bits per heavy atom. The van der Waals surface area contributed by atoms with E-state index in [1.165, 1.54) is 24.1 Å². The predicted molar refractivity (Wildman–Crippen MR) is 80.0 cm³/mol. The van der Waals surface area contributed by atoms with Gasteiger partial charge in [0.1, 0.15) is 0 Å². The molecule has 0 spiro atoms. The van der Waals surface area contributed by atoms with Crippen molar-refractivity contribution in [2.75, 3.05) is 23.7 Å². The standard InChI is InChI=1S/C16H26N2/c1-12-5-6-15(14(17)11-12)18-9-7-13(8-10-18)16(2,3)4/h5-6,11,13H,7-10,17H2,1-4H3. The zero-order valence-electron chi connectivity index (χ0n) is 12.2. The fraction of sp³-hybridized carbons (Fsp3) is 0.625. The Kier molecular flexibility index (Phi) is 3.56. The SMILES string of the molecule is Cc1ccc(N2CCC(C(C)(C)C)CC2)c(N)c1. The van der Waals surface area contributed by atoms with E-state index in [1.54, 1.807) is 0 Å². The Balaban J connectivity index is 2.06. The van der Waals surface area contributed by atoms with Crippen LogP contribution < -0.4 is 10.6 Å². The number of anilines is 2. The molecule has 1 aliphatic rings. The average Bonchev–Trinajstić information content (AvgIpc) is 2.28. The van der Waals surface area contributed by atoms with Crippen molar-refractivity contribution in [1.29, 1.82) is 0 Å². The van der Waals surface area contributed by atoms with E-state index in [2.05, 4.69) is 50.8 Å². The summed E-state index contributed by atoms with van der Waals surface area (Å²) in [5.41, 5.74) is 9.94. The number of piperidine rings is 1. The molecule has 0 radical (unpaired) electrons. The summed E-state index contributed by atoms with van der Waals surface area (Å²) in [4.78, 5) is 2.44. The first-order valence-corrected chi connectivity index (χ1v) is 6.99. The van der Waals surface area contributed by atoms with Gasteiger partial charge >= 0.3 is 0 Å². The van der Waals surface area contributed by atoms with Crippen LogP contribution in [0.5, 0.6) is 0 Å². The number of hydrogen-bond donors (Lipinski definition) is 1. The van der Waals surface area contributed by atoms with Gasteiger partial charge in [-0.25, -0.2) is 0 Å². The molecule has 1 aliphatic heterocycles. The minimum absolute atomic E-state index is 0.435. The fourth-order valence-electron chi connectivity index (χ4n) is 2.95. The molecule has 1 heterocycles. The third-order valence-electron chi connectivity index (χ3n) is 4.24. The van der Waals surface area contributed by atoms with E-state index in [0.717, 1.165) is 24.7 Å². The van der Waals surface area contributed by atoms with Crippen LogP contribution in [0, 0.1) is 18.3 Å². The van der Waals surface area contributed by atoms with Crippen LogP contribution in [-0.4, -0.2) is 13.1 Å². The van der Waals surface area contributed by atoms with E-state index >= 15 is 0 Å². The van der Waals surface area contributed by atoms with Crippen molar-refractivity contribution in [3.05, 3.63) is 23.8 Å². The van der Waals surface area contributed by atoms with Crippen molar-refractivity contribution in [1.82, 2.24) is 0 Å². The molecule has 1 aromatic rings. The Morgan fingerprint density at radius 2 is 1.78 bits per heavy atom. The molecule has 0 aromatic heterocycles. The van der Waals surface area contributed by atoms with Crippen LogP contribution in [0.1, 0.15) is 39.2 Å². The maximum absolute atomic E-state index is 6.13. The van der Waals surface area contributed by atoms with E-state index in [1.807, 2.05) is 0 Å². The first-order chi connectivity index (χ1) is 8.38. The third kappa shape index (κ3) is 2.80. The zero-order chi connectivity index (χ0) is 13.3. The highest BCUT2D eigenvalue weighted by atomic mass is 15.1. The second-order valence-electron chi connectivity index (χ2n) is 6.69. The topological polar surface area (TPSA) is 29.3 Å². The van der Waals surface area contributed by atoms with Gasteiger partial charge in [0, 0.05) is 13.1 Å². The maximum atomic E-state index is 6.13. The summed E-state index contributed by atoms with van der Waals surface area (Å²) in [6.07, 6.45) is 2.55. The first kappa shape index (κ1) is 13.3. The minimum Gasteiger partial charge on any atom is -0.397 e. The lowest BCUT2D eigenvalue weighted by molar-refractivity contribution is 0.199. The average molecular weight is 246 g/mol. The van der Waals surface area contributed by atoms with Gasteiger partial charge < -0.3 is 10.6 Å². The van der Waals surface area contributed by atoms with Crippen LogP contribution in [0.4, 0.5) is 11.4 Å². The highest BCUT2D eigenvalue weighted by molar-refractivity contribution is 5.68.